The van der Waals surface area contributed by atoms with Crippen molar-refractivity contribution < 1.29 is 4.74 Å². The first-order chi connectivity index (χ1) is 17.6. The molecule has 6 rings (SSSR count). The zero-order valence-electron chi connectivity index (χ0n) is 19.7. The highest BCUT2D eigenvalue weighted by molar-refractivity contribution is 7.98. The zero-order chi connectivity index (χ0) is 24.9. The number of hydrogen-bond donors (Lipinski definition) is 3. The van der Waals surface area contributed by atoms with Gasteiger partial charge in [-0.1, -0.05) is 0 Å². The maximum atomic E-state index is 5.90. The Balaban J connectivity index is 0.000000202. The molecular weight excluding hydrogens is 476 g/mol. The number of thioether (sulfide) groups is 1. The van der Waals surface area contributed by atoms with Crippen molar-refractivity contribution in [2.24, 2.45) is 0 Å². The van der Waals surface area contributed by atoms with Crippen molar-refractivity contribution in [3.8, 4) is 11.5 Å². The topological polar surface area (TPSA) is 143 Å². The van der Waals surface area contributed by atoms with Gasteiger partial charge < -0.3 is 10.1 Å². The van der Waals surface area contributed by atoms with Crippen LogP contribution in [0.1, 0.15) is 11.3 Å². The lowest BCUT2D eigenvalue weighted by molar-refractivity contribution is 0.476. The van der Waals surface area contributed by atoms with Gasteiger partial charge in [0.1, 0.15) is 51.2 Å². The van der Waals surface area contributed by atoms with Crippen LogP contribution in [0.5, 0.6) is 11.5 Å². The molecule has 0 atom stereocenters. The molecule has 0 unspecified atom stereocenters. The standard InChI is InChI=1S/C18H16N6O.C6H6N4S/c1-11-7-13(23-18-17-15(9-22-24-17)20-10-21-18)4-6-16(11)25-14-5-3-12(2)19-8-14;1-11-6-5-4(2-9-10-5)7-3-8-6/h3-10H,1-2H3,(H,22,24)(H,20,21,23);2-3H,1H3,(H,9,10). The Kier molecular flexibility index (Phi) is 6.67. The summed E-state index contributed by atoms with van der Waals surface area (Å²) in [4.78, 5) is 20.8. The molecule has 0 aliphatic rings. The molecule has 0 saturated carbocycles. The van der Waals surface area contributed by atoms with Gasteiger partial charge in [0.05, 0.1) is 18.6 Å². The van der Waals surface area contributed by atoms with Gasteiger partial charge in [-0.3, -0.25) is 15.2 Å². The molecule has 0 bridgehead atoms. The van der Waals surface area contributed by atoms with Crippen LogP contribution in [0.4, 0.5) is 11.5 Å². The third-order valence-electron chi connectivity index (χ3n) is 5.19. The van der Waals surface area contributed by atoms with E-state index in [-0.39, 0.29) is 0 Å². The van der Waals surface area contributed by atoms with Crippen LogP contribution in [0.2, 0.25) is 0 Å². The molecule has 0 aliphatic heterocycles. The molecular formula is C24H22N10OS. The third kappa shape index (κ3) is 5.08. The number of rotatable bonds is 5. The predicted octanol–water partition coefficient (Wildman–Crippen LogP) is 4.98. The number of aromatic amines is 2. The third-order valence-corrected chi connectivity index (χ3v) is 5.88. The van der Waals surface area contributed by atoms with Gasteiger partial charge in [0.25, 0.3) is 0 Å². The highest BCUT2D eigenvalue weighted by Crippen LogP contribution is 2.29. The monoisotopic (exact) mass is 498 g/mol. The number of nitrogens with one attached hydrogen (secondary N) is 3. The van der Waals surface area contributed by atoms with Gasteiger partial charge in [-0.25, -0.2) is 19.9 Å². The number of ether oxygens (including phenoxy) is 1. The molecule has 0 amide bonds. The van der Waals surface area contributed by atoms with Crippen molar-refractivity contribution in [2.45, 2.75) is 18.9 Å². The fourth-order valence-corrected chi connectivity index (χ4v) is 3.88. The lowest BCUT2D eigenvalue weighted by Crippen LogP contribution is -1.97. The minimum absolute atomic E-state index is 0.679. The average Bonchev–Trinajstić information content (AvgIpc) is 3.57. The Bertz CT molecular complexity index is 1610. The SMILES string of the molecule is CSc1ncnc2cn[nH]c12.Cc1ccc(Oc2ccc(Nc3ncnc4cn[nH]c34)cc2C)cn1. The first kappa shape index (κ1) is 23.2. The molecule has 6 aromatic rings. The van der Waals surface area contributed by atoms with E-state index < -0.39 is 0 Å². The van der Waals surface area contributed by atoms with Crippen LogP contribution in [-0.2, 0) is 0 Å². The van der Waals surface area contributed by atoms with Crippen LogP contribution >= 0.6 is 11.8 Å². The van der Waals surface area contributed by atoms with E-state index in [2.05, 4.69) is 50.6 Å². The predicted molar refractivity (Wildman–Crippen MR) is 139 cm³/mol. The Hall–Kier alpha value is -4.58. The smallest absolute Gasteiger partial charge is 0.159 e. The Morgan fingerprint density at radius 1 is 0.806 bits per heavy atom. The van der Waals surface area contributed by atoms with E-state index in [1.165, 1.54) is 6.33 Å². The molecule has 12 heteroatoms. The summed E-state index contributed by atoms with van der Waals surface area (Å²) >= 11 is 1.58. The number of fused-ring (bicyclic) bond motifs is 2. The van der Waals surface area contributed by atoms with Crippen molar-refractivity contribution in [3.63, 3.8) is 0 Å². The number of aryl methyl sites for hydroxylation is 2. The Morgan fingerprint density at radius 2 is 1.56 bits per heavy atom. The second kappa shape index (κ2) is 10.4. The lowest BCUT2D eigenvalue weighted by atomic mass is 10.2. The van der Waals surface area contributed by atoms with Crippen LogP contribution < -0.4 is 10.1 Å². The van der Waals surface area contributed by atoms with E-state index in [0.717, 1.165) is 49.8 Å². The average molecular weight is 499 g/mol. The molecule has 0 radical (unpaired) electrons. The summed E-state index contributed by atoms with van der Waals surface area (Å²) in [6.45, 7) is 3.94. The summed E-state index contributed by atoms with van der Waals surface area (Å²) in [7, 11) is 0. The molecule has 11 nitrogen and oxygen atoms in total. The summed E-state index contributed by atoms with van der Waals surface area (Å²) in [6, 6.07) is 9.69. The number of benzene rings is 1. The van der Waals surface area contributed by atoms with Crippen molar-refractivity contribution in [2.75, 3.05) is 11.6 Å². The van der Waals surface area contributed by atoms with E-state index in [9.17, 15) is 0 Å². The second-order valence-electron chi connectivity index (χ2n) is 7.71. The molecule has 180 valence electrons. The quantitative estimate of drug-likeness (QED) is 0.220. The van der Waals surface area contributed by atoms with Gasteiger partial charge in [-0.15, -0.1) is 11.8 Å². The number of pyridine rings is 1. The molecule has 1 aromatic carbocycles. The van der Waals surface area contributed by atoms with Crippen molar-refractivity contribution in [1.29, 1.82) is 0 Å². The van der Waals surface area contributed by atoms with Crippen molar-refractivity contribution >= 4 is 45.3 Å². The summed E-state index contributed by atoms with van der Waals surface area (Å²) in [5.41, 5.74) is 6.18. The summed E-state index contributed by atoms with van der Waals surface area (Å²) in [6.07, 6.45) is 10.1. The lowest BCUT2D eigenvalue weighted by Gasteiger charge is -2.11. The van der Waals surface area contributed by atoms with E-state index in [0.29, 0.717) is 11.6 Å². The van der Waals surface area contributed by atoms with E-state index >= 15 is 0 Å². The van der Waals surface area contributed by atoms with Gasteiger partial charge in [-0.2, -0.15) is 10.2 Å². The van der Waals surface area contributed by atoms with E-state index in [4.69, 9.17) is 4.74 Å². The molecule has 36 heavy (non-hydrogen) atoms. The van der Waals surface area contributed by atoms with Gasteiger partial charge in [0.2, 0.25) is 0 Å². The number of aromatic nitrogens is 9. The number of H-pyrrole nitrogens is 2. The first-order valence-corrected chi connectivity index (χ1v) is 12.1. The molecule has 5 aromatic heterocycles. The van der Waals surface area contributed by atoms with Crippen LogP contribution in [0.3, 0.4) is 0 Å². The van der Waals surface area contributed by atoms with Gasteiger partial charge >= 0.3 is 0 Å². The maximum absolute atomic E-state index is 5.90. The molecule has 3 N–H and O–H groups in total. The van der Waals surface area contributed by atoms with Crippen molar-refractivity contribution in [3.05, 3.63) is 72.8 Å². The number of hydrogen-bond acceptors (Lipinski definition) is 10. The van der Waals surface area contributed by atoms with Crippen molar-refractivity contribution in [1.82, 2.24) is 45.3 Å². The summed E-state index contributed by atoms with van der Waals surface area (Å²) in [5.74, 6) is 2.17. The fraction of sp³-hybridized carbons (Fsp3) is 0.125. The number of nitrogens with zero attached hydrogens (tertiary/aromatic N) is 7. The van der Waals surface area contributed by atoms with E-state index in [1.807, 2.05) is 50.4 Å². The molecule has 5 heterocycles. The van der Waals surface area contributed by atoms with Crippen LogP contribution in [0.15, 0.2) is 66.6 Å². The van der Waals surface area contributed by atoms with Gasteiger partial charge in [0, 0.05) is 11.4 Å². The highest BCUT2D eigenvalue weighted by atomic mass is 32.2. The summed E-state index contributed by atoms with van der Waals surface area (Å²) < 4.78 is 5.90. The maximum Gasteiger partial charge on any atom is 0.159 e. The zero-order valence-corrected chi connectivity index (χ0v) is 20.5. The second-order valence-corrected chi connectivity index (χ2v) is 8.50. The van der Waals surface area contributed by atoms with Crippen LogP contribution in [0.25, 0.3) is 22.1 Å². The molecule has 0 saturated heterocycles. The van der Waals surface area contributed by atoms with E-state index in [1.54, 1.807) is 36.7 Å². The number of anilines is 2. The largest absolute Gasteiger partial charge is 0.455 e. The van der Waals surface area contributed by atoms with Gasteiger partial charge in [0.15, 0.2) is 5.82 Å². The normalized spacial score (nSPS) is 10.8. The van der Waals surface area contributed by atoms with Crippen LogP contribution in [0, 0.1) is 13.8 Å². The molecule has 0 aliphatic carbocycles. The minimum atomic E-state index is 0.679. The molecule has 0 spiro atoms. The Labute approximate surface area is 210 Å². The first-order valence-electron chi connectivity index (χ1n) is 10.9. The van der Waals surface area contributed by atoms with Crippen LogP contribution in [-0.4, -0.2) is 51.6 Å². The minimum Gasteiger partial charge on any atom is -0.455 e. The molecule has 0 fully saturated rings. The van der Waals surface area contributed by atoms with Gasteiger partial charge in [-0.05, 0) is 56.0 Å². The summed E-state index contributed by atoms with van der Waals surface area (Å²) in [5, 5.41) is 17.8. The highest BCUT2D eigenvalue weighted by Gasteiger charge is 2.08. The fourth-order valence-electron chi connectivity index (χ4n) is 3.38. The Morgan fingerprint density at radius 3 is 2.28 bits per heavy atom.